The van der Waals surface area contributed by atoms with Gasteiger partial charge in [-0.25, -0.2) is 8.42 Å². The van der Waals surface area contributed by atoms with Gasteiger partial charge in [0, 0.05) is 13.0 Å². The number of methoxy groups -OCH3 is 1. The van der Waals surface area contributed by atoms with Crippen molar-refractivity contribution in [2.45, 2.75) is 24.1 Å². The number of carbonyl (C=O) groups excluding carboxylic acids is 1. The van der Waals surface area contributed by atoms with Gasteiger partial charge < -0.3 is 10.1 Å². The molecule has 0 fully saturated rings. The van der Waals surface area contributed by atoms with Gasteiger partial charge in [-0.2, -0.15) is 0 Å². The molecule has 0 aliphatic heterocycles. The van der Waals surface area contributed by atoms with Crippen LogP contribution in [0.5, 0.6) is 5.75 Å². The number of carbonyl (C=O) groups is 1. The van der Waals surface area contributed by atoms with Gasteiger partial charge in [0.05, 0.1) is 24.1 Å². The van der Waals surface area contributed by atoms with Crippen molar-refractivity contribution >= 4 is 61.4 Å². The maximum absolute atomic E-state index is 12.2. The molecule has 0 spiro atoms. The number of benzene rings is 1. The molecule has 8 nitrogen and oxygen atoms in total. The number of halogens is 1. The molecule has 0 radical (unpaired) electrons. The monoisotopic (exact) mass is 464 g/mol. The lowest BCUT2D eigenvalue weighted by atomic mass is 10.2. The topological polar surface area (TPSA) is 101 Å². The molecule has 0 atom stereocenters. The summed E-state index contributed by atoms with van der Waals surface area (Å²) < 4.78 is 31.4. The number of anilines is 2. The van der Waals surface area contributed by atoms with E-state index in [1.165, 1.54) is 28.8 Å². The van der Waals surface area contributed by atoms with Crippen LogP contribution in [0.4, 0.5) is 10.8 Å². The Morgan fingerprint density at radius 3 is 2.75 bits per heavy atom. The van der Waals surface area contributed by atoms with Crippen molar-refractivity contribution in [3.63, 3.8) is 0 Å². The molecule has 0 unspecified atom stereocenters. The lowest BCUT2D eigenvalue weighted by Gasteiger charge is -2.23. The maximum Gasteiger partial charge on any atom is 0.232 e. The highest BCUT2D eigenvalue weighted by Gasteiger charge is 2.19. The number of ether oxygens (including phenoxy) is 1. The van der Waals surface area contributed by atoms with E-state index >= 15 is 0 Å². The van der Waals surface area contributed by atoms with E-state index in [4.69, 9.17) is 16.3 Å². The van der Waals surface area contributed by atoms with Crippen LogP contribution in [0.25, 0.3) is 0 Å². The van der Waals surface area contributed by atoms with Crippen molar-refractivity contribution in [1.29, 1.82) is 0 Å². The molecule has 0 bridgehead atoms. The molecule has 0 saturated heterocycles. The SMILES string of the molecule is CCSc1nnc(NC(=O)CCCN(c2ccc(OC)c(Cl)c2)S(C)(=O)=O)s1. The van der Waals surface area contributed by atoms with Crippen molar-refractivity contribution < 1.29 is 17.9 Å². The van der Waals surface area contributed by atoms with Crippen LogP contribution >= 0.6 is 34.7 Å². The van der Waals surface area contributed by atoms with Crippen molar-refractivity contribution in [2.24, 2.45) is 0 Å². The zero-order valence-electron chi connectivity index (χ0n) is 15.6. The van der Waals surface area contributed by atoms with E-state index < -0.39 is 10.0 Å². The normalized spacial score (nSPS) is 11.3. The number of nitrogens with one attached hydrogen (secondary N) is 1. The van der Waals surface area contributed by atoms with Crippen molar-refractivity contribution in [2.75, 3.05) is 35.3 Å². The van der Waals surface area contributed by atoms with E-state index in [9.17, 15) is 13.2 Å². The second-order valence-electron chi connectivity index (χ2n) is 5.61. The third-order valence-electron chi connectivity index (χ3n) is 3.51. The smallest absolute Gasteiger partial charge is 0.232 e. The van der Waals surface area contributed by atoms with Crippen LogP contribution in [0.2, 0.25) is 5.02 Å². The number of aromatic nitrogens is 2. The molecule has 0 saturated carbocycles. The molecule has 1 amide bonds. The van der Waals surface area contributed by atoms with Crippen molar-refractivity contribution in [3.05, 3.63) is 23.2 Å². The van der Waals surface area contributed by atoms with Gasteiger partial charge >= 0.3 is 0 Å². The first-order chi connectivity index (χ1) is 13.2. The fourth-order valence-corrected chi connectivity index (χ4v) is 5.18. The minimum atomic E-state index is -3.53. The van der Waals surface area contributed by atoms with E-state index in [0.717, 1.165) is 16.3 Å². The Hall–Kier alpha value is -1.56. The highest BCUT2D eigenvalue weighted by molar-refractivity contribution is 8.01. The Balaban J connectivity index is 1.96. The minimum Gasteiger partial charge on any atom is -0.495 e. The van der Waals surface area contributed by atoms with Gasteiger partial charge in [-0.05, 0) is 30.4 Å². The summed E-state index contributed by atoms with van der Waals surface area (Å²) in [5.41, 5.74) is 0.416. The van der Waals surface area contributed by atoms with Gasteiger partial charge in [0.25, 0.3) is 0 Å². The first-order valence-electron chi connectivity index (χ1n) is 8.32. The highest BCUT2D eigenvalue weighted by atomic mass is 35.5. The van der Waals surface area contributed by atoms with Gasteiger partial charge in [-0.3, -0.25) is 9.10 Å². The summed E-state index contributed by atoms with van der Waals surface area (Å²) >= 11 is 8.96. The molecule has 1 aromatic carbocycles. The van der Waals surface area contributed by atoms with E-state index in [1.54, 1.807) is 23.9 Å². The molecule has 2 rings (SSSR count). The van der Waals surface area contributed by atoms with Crippen LogP contribution < -0.4 is 14.4 Å². The van der Waals surface area contributed by atoms with Crippen molar-refractivity contribution in [1.82, 2.24) is 10.2 Å². The summed E-state index contributed by atoms with van der Waals surface area (Å²) in [4.78, 5) is 12.1. The molecule has 0 aliphatic rings. The zero-order valence-corrected chi connectivity index (χ0v) is 18.8. The summed E-state index contributed by atoms with van der Waals surface area (Å²) in [7, 11) is -2.05. The minimum absolute atomic E-state index is 0.141. The Morgan fingerprint density at radius 2 is 2.14 bits per heavy atom. The largest absolute Gasteiger partial charge is 0.495 e. The van der Waals surface area contributed by atoms with Crippen molar-refractivity contribution in [3.8, 4) is 5.75 Å². The number of nitrogens with zero attached hydrogens (tertiary/aromatic N) is 3. The van der Waals surface area contributed by atoms with Crippen LogP contribution in [-0.4, -0.2) is 50.2 Å². The van der Waals surface area contributed by atoms with E-state index in [2.05, 4.69) is 15.5 Å². The Morgan fingerprint density at radius 1 is 1.39 bits per heavy atom. The molecule has 1 aromatic heterocycles. The first-order valence-corrected chi connectivity index (χ1v) is 12.3. The lowest BCUT2D eigenvalue weighted by molar-refractivity contribution is -0.116. The van der Waals surface area contributed by atoms with Gasteiger partial charge in [-0.1, -0.05) is 41.6 Å². The first kappa shape index (κ1) is 22.7. The fourth-order valence-electron chi connectivity index (χ4n) is 2.30. The Kier molecular flexibility index (Phi) is 8.35. The third kappa shape index (κ3) is 6.50. The number of rotatable bonds is 10. The van der Waals surface area contributed by atoms with Gasteiger partial charge in [-0.15, -0.1) is 10.2 Å². The zero-order chi connectivity index (χ0) is 20.7. The van der Waals surface area contributed by atoms with E-state index in [1.807, 2.05) is 6.92 Å². The average molecular weight is 465 g/mol. The summed E-state index contributed by atoms with van der Waals surface area (Å²) in [6, 6.07) is 4.74. The van der Waals surface area contributed by atoms with Crippen LogP contribution in [-0.2, 0) is 14.8 Å². The van der Waals surface area contributed by atoms with Crippen LogP contribution in [0.1, 0.15) is 19.8 Å². The summed E-state index contributed by atoms with van der Waals surface area (Å²) in [5, 5.41) is 11.3. The predicted molar refractivity (Wildman–Crippen MR) is 114 cm³/mol. The molecule has 2 aromatic rings. The molecular formula is C16H21ClN4O4S3. The molecular weight excluding hydrogens is 444 g/mol. The van der Waals surface area contributed by atoms with Crippen LogP contribution in [0, 0.1) is 0 Å². The Bertz CT molecular complexity index is 920. The maximum atomic E-state index is 12.2. The quantitative estimate of drug-likeness (QED) is 0.424. The second kappa shape index (κ2) is 10.3. The highest BCUT2D eigenvalue weighted by Crippen LogP contribution is 2.30. The molecule has 28 heavy (non-hydrogen) atoms. The number of thioether (sulfide) groups is 1. The van der Waals surface area contributed by atoms with E-state index in [0.29, 0.717) is 28.0 Å². The number of hydrogen-bond donors (Lipinski definition) is 1. The Labute approximate surface area is 177 Å². The molecule has 12 heteroatoms. The van der Waals surface area contributed by atoms with Gasteiger partial charge in [0.15, 0.2) is 4.34 Å². The molecule has 1 heterocycles. The van der Waals surface area contributed by atoms with Gasteiger partial charge in [0.1, 0.15) is 5.75 Å². The average Bonchev–Trinajstić information content (AvgIpc) is 3.05. The number of amides is 1. The summed E-state index contributed by atoms with van der Waals surface area (Å²) in [6.07, 6.45) is 1.59. The van der Waals surface area contributed by atoms with E-state index in [-0.39, 0.29) is 18.9 Å². The van der Waals surface area contributed by atoms with Crippen LogP contribution in [0.3, 0.4) is 0 Å². The fraction of sp³-hybridized carbons (Fsp3) is 0.438. The summed E-state index contributed by atoms with van der Waals surface area (Å²) in [6.45, 7) is 2.15. The number of hydrogen-bond acceptors (Lipinski definition) is 8. The third-order valence-corrected chi connectivity index (χ3v) is 6.85. The predicted octanol–water partition coefficient (Wildman–Crippen LogP) is 3.50. The summed E-state index contributed by atoms with van der Waals surface area (Å²) in [5.74, 6) is 1.08. The standard InChI is InChI=1S/C16H21ClN4O4S3/c1-4-26-16-20-19-15(27-16)18-14(22)6-5-9-21(28(3,23)24)11-7-8-13(25-2)12(17)10-11/h7-8,10H,4-6,9H2,1-3H3,(H,18,19,22). The number of sulfonamides is 1. The lowest BCUT2D eigenvalue weighted by Crippen LogP contribution is -2.31. The second-order valence-corrected chi connectivity index (χ2v) is 10.4. The molecule has 154 valence electrons. The molecule has 1 N–H and O–H groups in total. The van der Waals surface area contributed by atoms with Crippen LogP contribution in [0.15, 0.2) is 22.5 Å². The van der Waals surface area contributed by atoms with Gasteiger partial charge in [0.2, 0.25) is 21.1 Å². The molecule has 0 aliphatic carbocycles.